The Hall–Kier alpha value is -2.23. The first-order chi connectivity index (χ1) is 14.4. The van der Waals surface area contributed by atoms with Crippen LogP contribution < -0.4 is 15.1 Å². The average molecular weight is 492 g/mol. The van der Waals surface area contributed by atoms with Gasteiger partial charge >= 0.3 is 0 Å². The van der Waals surface area contributed by atoms with E-state index in [2.05, 4.69) is 21.2 Å². The molecule has 1 atom stereocenters. The van der Waals surface area contributed by atoms with Crippen LogP contribution in [-0.2, 0) is 14.3 Å². The third-order valence-electron chi connectivity index (χ3n) is 5.24. The van der Waals surface area contributed by atoms with Crippen LogP contribution in [0.4, 0.5) is 11.4 Å². The lowest BCUT2D eigenvalue weighted by molar-refractivity contribution is -0.122. The van der Waals surface area contributed by atoms with E-state index in [0.29, 0.717) is 24.6 Å². The van der Waals surface area contributed by atoms with E-state index in [-0.39, 0.29) is 36.8 Å². The van der Waals surface area contributed by atoms with Crippen molar-refractivity contribution in [3.8, 4) is 0 Å². The first-order valence-corrected chi connectivity index (χ1v) is 11.4. The molecule has 2 aliphatic heterocycles. The molecule has 158 valence electrons. The molecule has 0 unspecified atom stereocenters. The minimum Gasteiger partial charge on any atom is -0.372 e. The number of hydrogen-bond acceptors (Lipinski definition) is 5. The van der Waals surface area contributed by atoms with Crippen molar-refractivity contribution in [2.24, 2.45) is 0 Å². The van der Waals surface area contributed by atoms with Crippen LogP contribution in [0.5, 0.6) is 0 Å². The minimum atomic E-state index is -0.241. The highest BCUT2D eigenvalue weighted by molar-refractivity contribution is 9.11. The van der Waals surface area contributed by atoms with Crippen LogP contribution >= 0.6 is 27.3 Å². The summed E-state index contributed by atoms with van der Waals surface area (Å²) in [5.41, 5.74) is 2.54. The summed E-state index contributed by atoms with van der Waals surface area (Å²) in [4.78, 5) is 41.4. The Labute approximate surface area is 187 Å². The van der Waals surface area contributed by atoms with Gasteiger partial charge < -0.3 is 19.9 Å². The lowest BCUT2D eigenvalue weighted by Crippen LogP contribution is -2.37. The number of hydrogen-bond donors (Lipinski definition) is 1. The average Bonchev–Trinajstić information content (AvgIpc) is 3.23. The Morgan fingerprint density at radius 3 is 2.77 bits per heavy atom. The Balaban J connectivity index is 1.46. The van der Waals surface area contributed by atoms with E-state index in [0.717, 1.165) is 27.1 Å². The third-order valence-corrected chi connectivity index (χ3v) is 6.86. The molecule has 3 amide bonds. The van der Waals surface area contributed by atoms with Gasteiger partial charge in [0, 0.05) is 37.5 Å². The Bertz CT molecular complexity index is 992. The summed E-state index contributed by atoms with van der Waals surface area (Å²) in [6, 6.07) is 9.02. The fourth-order valence-electron chi connectivity index (χ4n) is 3.80. The molecule has 0 saturated carbocycles. The molecule has 0 radical (unpaired) electrons. The number of ether oxygens (including phenoxy) is 1. The molecule has 2 aliphatic rings. The molecule has 9 heteroatoms. The number of carbonyl (C=O) groups is 3. The largest absolute Gasteiger partial charge is 0.372 e. The van der Waals surface area contributed by atoms with E-state index in [4.69, 9.17) is 4.74 Å². The van der Waals surface area contributed by atoms with Gasteiger partial charge in [-0.3, -0.25) is 14.4 Å². The first-order valence-electron chi connectivity index (χ1n) is 9.77. The molecule has 2 saturated heterocycles. The number of benzene rings is 1. The van der Waals surface area contributed by atoms with E-state index < -0.39 is 0 Å². The van der Waals surface area contributed by atoms with Gasteiger partial charge in [0.05, 0.1) is 14.7 Å². The summed E-state index contributed by atoms with van der Waals surface area (Å²) in [7, 11) is 0. The molecule has 0 bridgehead atoms. The van der Waals surface area contributed by atoms with Gasteiger partial charge in [-0.1, -0.05) is 0 Å². The molecule has 3 heterocycles. The summed E-state index contributed by atoms with van der Waals surface area (Å²) in [6.45, 7) is 3.65. The summed E-state index contributed by atoms with van der Waals surface area (Å²) in [5, 5.41) is 2.95. The highest BCUT2D eigenvalue weighted by Gasteiger charge is 2.32. The van der Waals surface area contributed by atoms with Crippen molar-refractivity contribution in [1.29, 1.82) is 0 Å². The second-order valence-corrected chi connectivity index (χ2v) is 9.87. The highest BCUT2D eigenvalue weighted by Crippen LogP contribution is 2.29. The molecule has 30 heavy (non-hydrogen) atoms. The van der Waals surface area contributed by atoms with Crippen molar-refractivity contribution in [3.63, 3.8) is 0 Å². The lowest BCUT2D eigenvalue weighted by atomic mass is 10.1. The van der Waals surface area contributed by atoms with E-state index in [1.807, 2.05) is 31.2 Å². The van der Waals surface area contributed by atoms with Gasteiger partial charge in [-0.2, -0.15) is 0 Å². The maximum Gasteiger partial charge on any atom is 0.261 e. The van der Waals surface area contributed by atoms with Crippen molar-refractivity contribution in [2.75, 3.05) is 36.1 Å². The van der Waals surface area contributed by atoms with Crippen LogP contribution in [-0.4, -0.2) is 50.1 Å². The zero-order chi connectivity index (χ0) is 21.3. The normalized spacial score (nSPS) is 19.9. The topological polar surface area (TPSA) is 79.0 Å². The fourth-order valence-corrected chi connectivity index (χ4v) is 5.09. The molecule has 0 aliphatic carbocycles. The van der Waals surface area contributed by atoms with Gasteiger partial charge in [0.1, 0.15) is 6.61 Å². The van der Waals surface area contributed by atoms with Crippen LogP contribution in [0.3, 0.4) is 0 Å². The van der Waals surface area contributed by atoms with Crippen molar-refractivity contribution in [2.45, 2.75) is 25.8 Å². The highest BCUT2D eigenvalue weighted by atomic mass is 79.9. The Morgan fingerprint density at radius 1 is 1.20 bits per heavy atom. The maximum atomic E-state index is 12.6. The smallest absolute Gasteiger partial charge is 0.261 e. The Kier molecular flexibility index (Phi) is 6.21. The SMILES string of the molecule is Cc1cc(N2C[C@H](NC(=O)c3ccc(Br)s3)CC2=O)ccc1N1CCCOCC1=O. The second-order valence-electron chi connectivity index (χ2n) is 7.40. The second kappa shape index (κ2) is 8.87. The monoisotopic (exact) mass is 491 g/mol. The van der Waals surface area contributed by atoms with Gasteiger partial charge in [-0.25, -0.2) is 0 Å². The van der Waals surface area contributed by atoms with Crippen molar-refractivity contribution >= 4 is 56.4 Å². The van der Waals surface area contributed by atoms with Crippen LogP contribution in [0.25, 0.3) is 0 Å². The van der Waals surface area contributed by atoms with Crippen LogP contribution in [0.2, 0.25) is 0 Å². The minimum absolute atomic E-state index is 0.0286. The molecule has 2 fully saturated rings. The molecule has 0 spiro atoms. The molecule has 1 N–H and O–H groups in total. The summed E-state index contributed by atoms with van der Waals surface area (Å²) < 4.78 is 6.20. The number of anilines is 2. The number of carbonyl (C=O) groups excluding carboxylic acids is 3. The molecule has 1 aromatic carbocycles. The lowest BCUT2D eigenvalue weighted by Gasteiger charge is -2.24. The molecule has 4 rings (SSSR count). The van der Waals surface area contributed by atoms with Crippen LogP contribution in [0.15, 0.2) is 34.1 Å². The van der Waals surface area contributed by atoms with Gasteiger partial charge in [0.2, 0.25) is 5.91 Å². The van der Waals surface area contributed by atoms with Gasteiger partial charge in [0.15, 0.2) is 0 Å². The quantitative estimate of drug-likeness (QED) is 0.712. The number of rotatable bonds is 4. The van der Waals surface area contributed by atoms with Crippen LogP contribution in [0.1, 0.15) is 28.1 Å². The number of halogens is 1. The standard InChI is InChI=1S/C21H22BrN3O4S/c1-13-9-15(3-4-16(13)24-7-2-8-29-12-20(24)27)25-11-14(10-19(25)26)23-21(28)17-5-6-18(22)30-17/h3-6,9,14H,2,7-8,10-12H2,1H3,(H,23,28)/t14-/m1/s1. The van der Waals surface area contributed by atoms with E-state index in [1.165, 1.54) is 11.3 Å². The number of nitrogens with one attached hydrogen (secondary N) is 1. The number of nitrogens with zero attached hydrogens (tertiary/aromatic N) is 2. The Morgan fingerprint density at radius 2 is 2.03 bits per heavy atom. The first kappa shape index (κ1) is 21.0. The molecule has 1 aromatic heterocycles. The van der Waals surface area contributed by atoms with E-state index in [1.54, 1.807) is 15.9 Å². The van der Waals surface area contributed by atoms with Crippen molar-refractivity contribution in [3.05, 3.63) is 44.6 Å². The van der Waals surface area contributed by atoms with E-state index >= 15 is 0 Å². The van der Waals surface area contributed by atoms with Crippen molar-refractivity contribution in [1.82, 2.24) is 5.32 Å². The summed E-state index contributed by atoms with van der Waals surface area (Å²) >= 11 is 4.72. The zero-order valence-electron chi connectivity index (χ0n) is 16.5. The summed E-state index contributed by atoms with van der Waals surface area (Å²) in [6.07, 6.45) is 1.06. The zero-order valence-corrected chi connectivity index (χ0v) is 18.9. The van der Waals surface area contributed by atoms with Gasteiger partial charge in [-0.05, 0) is 65.2 Å². The van der Waals surface area contributed by atoms with Crippen molar-refractivity contribution < 1.29 is 19.1 Å². The van der Waals surface area contributed by atoms with E-state index in [9.17, 15) is 14.4 Å². The predicted octanol–water partition coefficient (Wildman–Crippen LogP) is 3.11. The third kappa shape index (κ3) is 4.43. The maximum absolute atomic E-state index is 12.6. The summed E-state index contributed by atoms with van der Waals surface area (Å²) in [5.74, 6) is -0.249. The van der Waals surface area contributed by atoms with Gasteiger partial charge in [-0.15, -0.1) is 11.3 Å². The molecule has 2 aromatic rings. The predicted molar refractivity (Wildman–Crippen MR) is 119 cm³/mol. The molecular formula is C21H22BrN3O4S. The molecule has 7 nitrogen and oxygen atoms in total. The fraction of sp³-hybridized carbons (Fsp3) is 0.381. The number of aryl methyl sites for hydroxylation is 1. The number of thiophene rings is 1. The number of amides is 3. The molecular weight excluding hydrogens is 470 g/mol. The van der Waals surface area contributed by atoms with Gasteiger partial charge in [0.25, 0.3) is 11.8 Å². The van der Waals surface area contributed by atoms with Crippen LogP contribution in [0, 0.1) is 6.92 Å².